The van der Waals surface area contributed by atoms with Gasteiger partial charge in [-0.1, -0.05) is 54.6 Å². The zero-order valence-corrected chi connectivity index (χ0v) is 37.1. The van der Waals surface area contributed by atoms with Gasteiger partial charge in [-0.2, -0.15) is 0 Å². The largest absolute Gasteiger partial charge is 0.504 e. The Hall–Kier alpha value is -7.96. The maximum absolute atomic E-state index is 13.3. The Labute approximate surface area is 384 Å². The van der Waals surface area contributed by atoms with E-state index >= 15 is 0 Å². The highest BCUT2D eigenvalue weighted by molar-refractivity contribution is 6.08. The molecular formula is C49H48F2N8O8. The lowest BCUT2D eigenvalue weighted by atomic mass is 10.0. The van der Waals surface area contributed by atoms with E-state index in [2.05, 4.69) is 41.2 Å². The van der Waals surface area contributed by atoms with Gasteiger partial charge in [0.05, 0.1) is 13.2 Å². The lowest BCUT2D eigenvalue weighted by molar-refractivity contribution is -0.115. The summed E-state index contributed by atoms with van der Waals surface area (Å²) in [6.45, 7) is 3.98. The molecule has 4 amide bonds. The topological polar surface area (TPSA) is 216 Å². The Kier molecular flexibility index (Phi) is 16.9. The first-order valence-corrected chi connectivity index (χ1v) is 20.9. The fraction of sp³-hybridized carbons (Fsp3) is 0.224. The molecule has 18 heteroatoms. The van der Waals surface area contributed by atoms with Gasteiger partial charge in [0, 0.05) is 64.3 Å². The van der Waals surface area contributed by atoms with Crippen molar-refractivity contribution in [1.82, 2.24) is 30.6 Å². The van der Waals surface area contributed by atoms with Crippen LogP contribution in [0.15, 0.2) is 103 Å². The number of methoxy groups -OCH3 is 2. The number of pyridine rings is 4. The number of fused-ring (bicyclic) bond motifs is 2. The highest BCUT2D eigenvalue weighted by Crippen LogP contribution is 2.34. The van der Waals surface area contributed by atoms with E-state index in [0.717, 1.165) is 27.8 Å². The summed E-state index contributed by atoms with van der Waals surface area (Å²) in [6, 6.07) is 25.3. The van der Waals surface area contributed by atoms with Crippen molar-refractivity contribution in [3.8, 4) is 11.5 Å². The van der Waals surface area contributed by atoms with Gasteiger partial charge in [0.2, 0.25) is 11.8 Å². The number of aromatic hydroxyl groups is 1. The molecule has 0 fully saturated rings. The average Bonchev–Trinajstić information content (AvgIpc) is 3.31. The van der Waals surface area contributed by atoms with Crippen LogP contribution in [0.1, 0.15) is 62.6 Å². The smallest absolute Gasteiger partial charge is 0.274 e. The molecule has 346 valence electrons. The number of halogens is 2. The van der Waals surface area contributed by atoms with E-state index in [0.29, 0.717) is 42.3 Å². The van der Waals surface area contributed by atoms with Crippen molar-refractivity contribution in [2.24, 2.45) is 0 Å². The number of anilines is 2. The molecule has 3 aromatic carbocycles. The molecule has 16 nitrogen and oxygen atoms in total. The van der Waals surface area contributed by atoms with Gasteiger partial charge in [-0.15, -0.1) is 0 Å². The molecule has 4 heterocycles. The number of benzene rings is 3. The van der Waals surface area contributed by atoms with Crippen LogP contribution in [0, 0.1) is 11.6 Å². The number of aromatic nitrogens is 4. The summed E-state index contributed by atoms with van der Waals surface area (Å²) < 4.78 is 42.5. The number of carbonyl (C=O) groups is 4. The van der Waals surface area contributed by atoms with Crippen LogP contribution < -0.4 is 26.0 Å². The zero-order valence-electron chi connectivity index (χ0n) is 37.1. The first-order chi connectivity index (χ1) is 32.3. The fourth-order valence-electron chi connectivity index (χ4n) is 6.69. The van der Waals surface area contributed by atoms with Gasteiger partial charge in [0.15, 0.2) is 22.9 Å². The molecule has 7 rings (SSSR count). The molecule has 7 aromatic rings. The second-order valence-corrected chi connectivity index (χ2v) is 15.0. The number of hydrogen-bond donors (Lipinski definition) is 5. The predicted octanol–water partition coefficient (Wildman–Crippen LogP) is 6.67. The third kappa shape index (κ3) is 13.3. The summed E-state index contributed by atoms with van der Waals surface area (Å²) in [5.41, 5.74) is 4.51. The third-order valence-corrected chi connectivity index (χ3v) is 9.80. The Bertz CT molecular complexity index is 2870. The average molecular weight is 915 g/mol. The van der Waals surface area contributed by atoms with Gasteiger partial charge >= 0.3 is 0 Å². The van der Waals surface area contributed by atoms with E-state index in [1.807, 2.05) is 36.4 Å². The maximum Gasteiger partial charge on any atom is 0.274 e. The van der Waals surface area contributed by atoms with Crippen molar-refractivity contribution in [1.29, 1.82) is 0 Å². The monoisotopic (exact) mass is 914 g/mol. The Balaban J connectivity index is 0.000000226. The number of nitrogens with one attached hydrogen (secondary N) is 4. The minimum absolute atomic E-state index is 0.00192. The highest BCUT2D eigenvalue weighted by atomic mass is 19.1. The third-order valence-electron chi connectivity index (χ3n) is 9.80. The molecular weight excluding hydrogens is 867 g/mol. The van der Waals surface area contributed by atoms with E-state index in [1.165, 1.54) is 52.3 Å². The number of nitrogens with zero attached hydrogens (tertiary/aromatic N) is 4. The van der Waals surface area contributed by atoms with E-state index in [1.54, 1.807) is 42.7 Å². The fourth-order valence-corrected chi connectivity index (χ4v) is 6.69. The van der Waals surface area contributed by atoms with Crippen LogP contribution in [-0.4, -0.2) is 89.2 Å². The van der Waals surface area contributed by atoms with Gasteiger partial charge in [-0.25, -0.2) is 18.7 Å². The van der Waals surface area contributed by atoms with Crippen LogP contribution in [0.2, 0.25) is 0 Å². The molecule has 0 spiro atoms. The second-order valence-electron chi connectivity index (χ2n) is 15.0. The highest BCUT2D eigenvalue weighted by Gasteiger charge is 2.24. The standard InChI is InChI=1S/C28H27FN4O4.C21H21FN4O4/c1-18(34)32-27-23-15-21(14-19-8-10-22(29)11-9-19)16-31-24(23)26(37-17-20-6-4-3-5-7-20)25(33-27)28(35)30-12-13-36-2;1-12(27)25-20-16-10-14(9-13-3-5-15(22)6-4-13)11-24-17(16)19(28)18(26-20)21(29)23-7-8-30-2/h3-11,15-16H,12-14,17H2,1-2H3,(H,30,35)(H,32,33,34);3-6,10-11,28H,7-9H2,1-2H3,(H,23,29)(H,25,26,27). The van der Waals surface area contributed by atoms with Crippen molar-refractivity contribution >= 4 is 57.1 Å². The molecule has 0 aliphatic heterocycles. The molecule has 0 atom stereocenters. The first-order valence-electron chi connectivity index (χ1n) is 20.9. The van der Waals surface area contributed by atoms with Crippen LogP contribution in [0.5, 0.6) is 11.5 Å². The Morgan fingerprint density at radius 1 is 0.597 bits per heavy atom. The molecule has 67 heavy (non-hydrogen) atoms. The normalized spacial score (nSPS) is 10.8. The van der Waals surface area contributed by atoms with Gasteiger partial charge in [-0.05, 0) is 77.1 Å². The number of carbonyl (C=O) groups excluding carboxylic acids is 4. The van der Waals surface area contributed by atoms with Crippen molar-refractivity contribution in [2.45, 2.75) is 33.3 Å². The van der Waals surface area contributed by atoms with Crippen LogP contribution in [0.25, 0.3) is 21.8 Å². The molecule has 5 N–H and O–H groups in total. The number of rotatable bonds is 17. The minimum Gasteiger partial charge on any atom is -0.504 e. The van der Waals surface area contributed by atoms with Crippen LogP contribution in [0.3, 0.4) is 0 Å². The van der Waals surface area contributed by atoms with Crippen molar-refractivity contribution in [3.05, 3.63) is 154 Å². The first kappa shape index (κ1) is 48.5. The summed E-state index contributed by atoms with van der Waals surface area (Å²) >= 11 is 0. The van der Waals surface area contributed by atoms with Crippen LogP contribution >= 0.6 is 0 Å². The van der Waals surface area contributed by atoms with Gasteiger partial charge in [0.25, 0.3) is 11.8 Å². The lowest BCUT2D eigenvalue weighted by Crippen LogP contribution is -2.28. The number of amides is 4. The van der Waals surface area contributed by atoms with Gasteiger partial charge < -0.3 is 40.6 Å². The minimum atomic E-state index is -0.616. The summed E-state index contributed by atoms with van der Waals surface area (Å²) in [7, 11) is 3.04. The molecule has 0 radical (unpaired) electrons. The molecule has 0 unspecified atom stereocenters. The summed E-state index contributed by atoms with van der Waals surface area (Å²) in [5.74, 6) is -2.34. The Morgan fingerprint density at radius 3 is 1.55 bits per heavy atom. The van der Waals surface area contributed by atoms with Crippen LogP contribution in [-0.2, 0) is 38.5 Å². The summed E-state index contributed by atoms with van der Waals surface area (Å²) in [6.07, 6.45) is 4.17. The second kappa shape index (κ2) is 23.3. The summed E-state index contributed by atoms with van der Waals surface area (Å²) in [4.78, 5) is 66.7. The van der Waals surface area contributed by atoms with E-state index < -0.39 is 11.8 Å². The quantitative estimate of drug-likeness (QED) is 0.0606. The van der Waals surface area contributed by atoms with Crippen LogP contribution in [0.4, 0.5) is 20.4 Å². The van der Waals surface area contributed by atoms with E-state index in [-0.39, 0.29) is 83.2 Å². The Morgan fingerprint density at radius 2 is 1.06 bits per heavy atom. The molecule has 4 aromatic heterocycles. The predicted molar refractivity (Wildman–Crippen MR) is 247 cm³/mol. The van der Waals surface area contributed by atoms with E-state index in [4.69, 9.17) is 14.2 Å². The van der Waals surface area contributed by atoms with Crippen molar-refractivity contribution in [3.63, 3.8) is 0 Å². The molecule has 0 saturated carbocycles. The van der Waals surface area contributed by atoms with E-state index in [9.17, 15) is 33.1 Å². The zero-order chi connectivity index (χ0) is 47.9. The number of ether oxygens (including phenoxy) is 3. The van der Waals surface area contributed by atoms with Crippen molar-refractivity contribution in [2.75, 3.05) is 51.2 Å². The van der Waals surface area contributed by atoms with Gasteiger partial charge in [-0.3, -0.25) is 29.1 Å². The molecule has 0 aliphatic rings. The summed E-state index contributed by atoms with van der Waals surface area (Å²) in [5, 5.41) is 22.1. The molecule has 0 aliphatic carbocycles. The molecule has 0 bridgehead atoms. The SMILES string of the molecule is COCCNC(=O)c1nc(NC(C)=O)c2cc(Cc3ccc(F)cc3)cnc2c1O.COCCNC(=O)c1nc(NC(C)=O)c2cc(Cc3ccc(F)cc3)cnc2c1OCc1ccccc1. The van der Waals surface area contributed by atoms with Crippen molar-refractivity contribution < 1.29 is 47.3 Å². The maximum atomic E-state index is 13.3. The van der Waals surface area contributed by atoms with Gasteiger partial charge in [0.1, 0.15) is 40.9 Å². The lowest BCUT2D eigenvalue weighted by Gasteiger charge is -2.17. The number of hydrogen-bond acceptors (Lipinski definition) is 12. The molecule has 0 saturated heterocycles.